The van der Waals surface area contributed by atoms with Gasteiger partial charge in [0.1, 0.15) is 0 Å². The molecule has 0 aliphatic heterocycles. The van der Waals surface area contributed by atoms with E-state index in [4.69, 9.17) is 0 Å². The number of carbonyl (C=O) groups excluding carboxylic acids is 3. The first-order chi connectivity index (χ1) is 16.2. The molecule has 2 amide bonds. The molecule has 1 aromatic rings. The monoisotopic (exact) mass is 577 g/mol. The van der Waals surface area contributed by atoms with Crippen LogP contribution in [0.1, 0.15) is 0 Å². The van der Waals surface area contributed by atoms with Gasteiger partial charge in [-0.25, -0.2) is 9.69 Å². The van der Waals surface area contributed by atoms with E-state index < -0.39 is 82.2 Å². The van der Waals surface area contributed by atoms with E-state index in [-0.39, 0.29) is 12.1 Å². The fourth-order valence-corrected chi connectivity index (χ4v) is 2.01. The number of ether oxygens (including phenoxy) is 2. The molecule has 0 aliphatic carbocycles. The lowest BCUT2D eigenvalue weighted by Crippen LogP contribution is -2.60. The Morgan fingerprint density at radius 2 is 1.00 bits per heavy atom. The standard InChI is InChI=1S/C16H6F15NO5/c1-36-6-3-2-5(4-7(6)37-10(35)13(21,22)16(29,30)31)32(8(33)11(17,18)14(23,24)25)9(34)12(19,20)15(26,27)28/h2-4H,1H3. The second-order valence-corrected chi connectivity index (χ2v) is 6.39. The molecule has 0 aromatic heterocycles. The van der Waals surface area contributed by atoms with E-state index in [0.29, 0.717) is 7.11 Å². The molecule has 0 saturated heterocycles. The summed E-state index contributed by atoms with van der Waals surface area (Å²) in [5.74, 6) is -34.8. The first-order valence-corrected chi connectivity index (χ1v) is 8.38. The molecule has 0 radical (unpaired) electrons. The van der Waals surface area contributed by atoms with Crippen molar-refractivity contribution in [1.82, 2.24) is 0 Å². The minimum Gasteiger partial charge on any atom is -0.493 e. The quantitative estimate of drug-likeness (QED) is 0.269. The number of amides is 2. The first kappa shape index (κ1) is 31.6. The summed E-state index contributed by atoms with van der Waals surface area (Å²) in [7, 11) is 0.540. The summed E-state index contributed by atoms with van der Waals surface area (Å²) < 4.78 is 201. The number of benzene rings is 1. The highest BCUT2D eigenvalue weighted by Crippen LogP contribution is 2.44. The van der Waals surface area contributed by atoms with Crippen molar-refractivity contribution >= 4 is 23.5 Å². The smallest absolute Gasteiger partial charge is 0.465 e. The van der Waals surface area contributed by atoms with Crippen LogP contribution in [-0.2, 0) is 14.4 Å². The molecule has 0 heterocycles. The number of nitrogens with zero attached hydrogens (tertiary/aromatic N) is 1. The van der Waals surface area contributed by atoms with Gasteiger partial charge in [-0.2, -0.15) is 65.9 Å². The van der Waals surface area contributed by atoms with Crippen molar-refractivity contribution in [3.8, 4) is 11.5 Å². The highest BCUT2D eigenvalue weighted by atomic mass is 19.4. The van der Waals surface area contributed by atoms with Gasteiger partial charge in [-0.1, -0.05) is 0 Å². The molecule has 210 valence electrons. The molecule has 0 fully saturated rings. The second kappa shape index (κ2) is 9.47. The molecule has 37 heavy (non-hydrogen) atoms. The Labute approximate surface area is 192 Å². The second-order valence-electron chi connectivity index (χ2n) is 6.39. The predicted octanol–water partition coefficient (Wildman–Crippen LogP) is 5.05. The predicted molar refractivity (Wildman–Crippen MR) is 84.1 cm³/mol. The van der Waals surface area contributed by atoms with Gasteiger partial charge in [0.05, 0.1) is 12.8 Å². The minimum atomic E-state index is -7.01. The molecule has 1 rings (SSSR count). The zero-order valence-corrected chi connectivity index (χ0v) is 16.9. The third-order valence-electron chi connectivity index (χ3n) is 3.88. The average molecular weight is 577 g/mol. The maximum absolute atomic E-state index is 13.5. The third kappa shape index (κ3) is 5.78. The number of imide groups is 1. The summed E-state index contributed by atoms with van der Waals surface area (Å²) in [4.78, 5) is 32.6. The molecule has 0 spiro atoms. The molecule has 0 N–H and O–H groups in total. The number of methoxy groups -OCH3 is 1. The van der Waals surface area contributed by atoms with E-state index in [1.165, 1.54) is 0 Å². The van der Waals surface area contributed by atoms with Gasteiger partial charge in [0.25, 0.3) is 0 Å². The number of rotatable bonds is 6. The Hall–Kier alpha value is -3.42. The van der Waals surface area contributed by atoms with Gasteiger partial charge < -0.3 is 9.47 Å². The normalized spacial score (nSPS) is 13.7. The maximum atomic E-state index is 13.5. The summed E-state index contributed by atoms with van der Waals surface area (Å²) in [6.07, 6.45) is -20.7. The van der Waals surface area contributed by atoms with Crippen molar-refractivity contribution in [3.63, 3.8) is 0 Å². The lowest BCUT2D eigenvalue weighted by molar-refractivity contribution is -0.276. The molecule has 6 nitrogen and oxygen atoms in total. The Bertz CT molecular complexity index is 1020. The Morgan fingerprint density at radius 1 is 0.622 bits per heavy atom. The van der Waals surface area contributed by atoms with E-state index in [9.17, 15) is 80.2 Å². The van der Waals surface area contributed by atoms with E-state index in [1.807, 2.05) is 0 Å². The van der Waals surface area contributed by atoms with Gasteiger partial charge in [0.2, 0.25) is 0 Å². The summed E-state index contributed by atoms with van der Waals surface area (Å²) in [6, 6.07) is -0.640. The van der Waals surface area contributed by atoms with E-state index >= 15 is 0 Å². The average Bonchev–Trinajstić information content (AvgIpc) is 2.71. The van der Waals surface area contributed by atoms with Crippen molar-refractivity contribution < 1.29 is 89.7 Å². The lowest BCUT2D eigenvalue weighted by Gasteiger charge is -2.30. The molecule has 0 atom stereocenters. The maximum Gasteiger partial charge on any atom is 0.465 e. The van der Waals surface area contributed by atoms with Crippen LogP contribution in [0.25, 0.3) is 0 Å². The van der Waals surface area contributed by atoms with Gasteiger partial charge in [0.15, 0.2) is 11.5 Å². The Balaban J connectivity index is 3.84. The summed E-state index contributed by atoms with van der Waals surface area (Å²) in [5.41, 5.74) is -2.15. The van der Waals surface area contributed by atoms with Crippen LogP contribution in [0.15, 0.2) is 18.2 Å². The summed E-state index contributed by atoms with van der Waals surface area (Å²) in [6.45, 7) is 0. The van der Waals surface area contributed by atoms with Crippen molar-refractivity contribution in [3.05, 3.63) is 18.2 Å². The third-order valence-corrected chi connectivity index (χ3v) is 3.88. The van der Waals surface area contributed by atoms with Crippen LogP contribution >= 0.6 is 0 Å². The molecule has 21 heteroatoms. The zero-order valence-electron chi connectivity index (χ0n) is 16.9. The molecular weight excluding hydrogens is 571 g/mol. The van der Waals surface area contributed by atoms with Crippen molar-refractivity contribution in [2.24, 2.45) is 0 Å². The molecule has 0 bridgehead atoms. The number of esters is 1. The van der Waals surface area contributed by atoms with E-state index in [1.54, 1.807) is 0 Å². The SMILES string of the molecule is COc1ccc(N(C(=O)C(F)(F)C(F)(F)F)C(=O)C(F)(F)C(F)(F)F)cc1OC(=O)C(F)(F)C(F)(F)F. The molecule has 0 saturated carbocycles. The number of halogens is 15. The van der Waals surface area contributed by atoms with Crippen LogP contribution in [-0.4, -0.2) is 61.2 Å². The van der Waals surface area contributed by atoms with Crippen LogP contribution in [0.5, 0.6) is 11.5 Å². The number of hydrogen-bond acceptors (Lipinski definition) is 5. The number of carbonyl (C=O) groups is 3. The van der Waals surface area contributed by atoms with Gasteiger partial charge in [0, 0.05) is 6.07 Å². The molecule has 0 unspecified atom stereocenters. The Kier molecular flexibility index (Phi) is 8.09. The first-order valence-electron chi connectivity index (χ1n) is 8.38. The van der Waals surface area contributed by atoms with Crippen LogP contribution in [0.4, 0.5) is 71.5 Å². The summed E-state index contributed by atoms with van der Waals surface area (Å²) >= 11 is 0. The minimum absolute atomic E-state index is 0.0503. The molecular formula is C16H6F15NO5. The number of anilines is 1. The summed E-state index contributed by atoms with van der Waals surface area (Å²) in [5, 5.41) is 0. The van der Waals surface area contributed by atoms with Crippen LogP contribution in [0.2, 0.25) is 0 Å². The van der Waals surface area contributed by atoms with Crippen molar-refractivity contribution in [2.75, 3.05) is 12.0 Å². The topological polar surface area (TPSA) is 72.9 Å². The van der Waals surface area contributed by atoms with E-state index in [2.05, 4.69) is 9.47 Å². The van der Waals surface area contributed by atoms with Gasteiger partial charge in [-0.15, -0.1) is 0 Å². The largest absolute Gasteiger partial charge is 0.493 e. The number of hydrogen-bond donors (Lipinski definition) is 0. The van der Waals surface area contributed by atoms with Gasteiger partial charge >= 0.3 is 54.1 Å². The van der Waals surface area contributed by atoms with Crippen LogP contribution in [0.3, 0.4) is 0 Å². The Morgan fingerprint density at radius 3 is 1.32 bits per heavy atom. The van der Waals surface area contributed by atoms with Crippen LogP contribution in [0, 0.1) is 0 Å². The van der Waals surface area contributed by atoms with Crippen LogP contribution < -0.4 is 14.4 Å². The van der Waals surface area contributed by atoms with E-state index in [0.717, 1.165) is 0 Å². The fourth-order valence-electron chi connectivity index (χ4n) is 2.01. The van der Waals surface area contributed by atoms with Gasteiger partial charge in [-0.3, -0.25) is 9.59 Å². The zero-order chi connectivity index (χ0) is 29.6. The van der Waals surface area contributed by atoms with Gasteiger partial charge in [-0.05, 0) is 12.1 Å². The lowest BCUT2D eigenvalue weighted by atomic mass is 10.1. The highest BCUT2D eigenvalue weighted by Gasteiger charge is 2.70. The fraction of sp³-hybridized carbons (Fsp3) is 0.438. The molecule has 0 aliphatic rings. The molecule has 1 aromatic carbocycles. The highest BCUT2D eigenvalue weighted by molar-refractivity contribution is 6.19. The van der Waals surface area contributed by atoms with Crippen molar-refractivity contribution in [1.29, 1.82) is 0 Å². The number of alkyl halides is 15. The van der Waals surface area contributed by atoms with Crippen molar-refractivity contribution in [2.45, 2.75) is 36.3 Å².